The average Bonchev–Trinajstić information content (AvgIpc) is 2.46. The predicted molar refractivity (Wildman–Crippen MR) is 84.6 cm³/mol. The molecule has 1 N–H and O–H groups in total. The Kier molecular flexibility index (Phi) is 5.29. The fraction of sp³-hybridized carbons (Fsp3) is 0.588. The van der Waals surface area contributed by atoms with Crippen LogP contribution >= 0.6 is 0 Å². The Bertz CT molecular complexity index is 527. The molecule has 2 rings (SSSR count). The number of methoxy groups -OCH3 is 2. The van der Waals surface area contributed by atoms with Crippen LogP contribution in [-0.2, 0) is 9.53 Å². The van der Waals surface area contributed by atoms with Crippen molar-refractivity contribution in [3.05, 3.63) is 23.8 Å². The van der Waals surface area contributed by atoms with Gasteiger partial charge in [0.2, 0.25) is 5.91 Å². The summed E-state index contributed by atoms with van der Waals surface area (Å²) in [7, 11) is 3.18. The fourth-order valence-corrected chi connectivity index (χ4v) is 2.93. The van der Waals surface area contributed by atoms with Gasteiger partial charge in [0, 0.05) is 19.2 Å². The summed E-state index contributed by atoms with van der Waals surface area (Å²) in [6.45, 7) is 4.91. The molecule has 1 heterocycles. The molecule has 0 fully saturated rings. The monoisotopic (exact) mass is 307 g/mol. The second kappa shape index (κ2) is 7.01. The van der Waals surface area contributed by atoms with Gasteiger partial charge in [-0.05, 0) is 50.8 Å². The van der Waals surface area contributed by atoms with E-state index in [1.54, 1.807) is 7.11 Å². The third-order valence-electron chi connectivity index (χ3n) is 3.87. The molecular weight excluding hydrogens is 282 g/mol. The van der Waals surface area contributed by atoms with E-state index in [1.807, 2.05) is 18.2 Å². The topological polar surface area (TPSA) is 56.8 Å². The molecule has 5 nitrogen and oxygen atoms in total. The van der Waals surface area contributed by atoms with Crippen molar-refractivity contribution < 1.29 is 19.0 Å². The minimum Gasteiger partial charge on any atom is -0.497 e. The summed E-state index contributed by atoms with van der Waals surface area (Å²) in [5.41, 5.74) is 0.947. The Labute approximate surface area is 131 Å². The minimum atomic E-state index is -0.206. The summed E-state index contributed by atoms with van der Waals surface area (Å²) in [5.74, 6) is 1.98. The Morgan fingerprint density at radius 2 is 2.18 bits per heavy atom. The first-order valence-corrected chi connectivity index (χ1v) is 7.58. The maximum atomic E-state index is 11.5. The molecule has 0 unspecified atom stereocenters. The van der Waals surface area contributed by atoms with Gasteiger partial charge in [-0.3, -0.25) is 4.79 Å². The summed E-state index contributed by atoms with van der Waals surface area (Å²) in [5, 5.41) is 2.88. The molecule has 1 aromatic rings. The second-order valence-electron chi connectivity index (χ2n) is 6.24. The van der Waals surface area contributed by atoms with Crippen molar-refractivity contribution in [2.75, 3.05) is 27.4 Å². The van der Waals surface area contributed by atoms with E-state index < -0.39 is 0 Å². The summed E-state index contributed by atoms with van der Waals surface area (Å²) in [6.07, 6.45) is 1.77. The van der Waals surface area contributed by atoms with Crippen molar-refractivity contribution in [1.29, 1.82) is 0 Å². The number of benzene rings is 1. The molecule has 0 aliphatic carbocycles. The number of nitrogens with one attached hydrogen (secondary N) is 1. The van der Waals surface area contributed by atoms with Crippen LogP contribution in [0.1, 0.15) is 38.2 Å². The largest absolute Gasteiger partial charge is 0.497 e. The van der Waals surface area contributed by atoms with Crippen LogP contribution in [0.3, 0.4) is 0 Å². The molecule has 0 bridgehead atoms. The lowest BCUT2D eigenvalue weighted by Crippen LogP contribution is -2.36. The third-order valence-corrected chi connectivity index (χ3v) is 3.87. The van der Waals surface area contributed by atoms with Crippen molar-refractivity contribution in [3.63, 3.8) is 0 Å². The SMILES string of the molecule is COCC(=O)NCC[C@H]1CC(C)(C)Oc2ccc(OC)cc21. The van der Waals surface area contributed by atoms with Gasteiger partial charge in [-0.15, -0.1) is 0 Å². The Hall–Kier alpha value is -1.75. The van der Waals surface area contributed by atoms with E-state index >= 15 is 0 Å². The first kappa shape index (κ1) is 16.6. The van der Waals surface area contributed by atoms with E-state index in [1.165, 1.54) is 7.11 Å². The molecule has 1 aliphatic heterocycles. The molecule has 1 amide bonds. The highest BCUT2D eigenvalue weighted by Crippen LogP contribution is 2.43. The molecule has 0 aromatic heterocycles. The zero-order valence-corrected chi connectivity index (χ0v) is 13.8. The quantitative estimate of drug-likeness (QED) is 0.877. The number of carbonyl (C=O) groups is 1. The van der Waals surface area contributed by atoms with Gasteiger partial charge < -0.3 is 19.5 Å². The van der Waals surface area contributed by atoms with E-state index in [9.17, 15) is 4.79 Å². The Balaban J connectivity index is 2.08. The van der Waals surface area contributed by atoms with Gasteiger partial charge in [0.15, 0.2) is 0 Å². The van der Waals surface area contributed by atoms with Crippen LogP contribution < -0.4 is 14.8 Å². The van der Waals surface area contributed by atoms with Crippen LogP contribution in [-0.4, -0.2) is 38.9 Å². The van der Waals surface area contributed by atoms with Crippen molar-refractivity contribution in [2.45, 2.75) is 38.2 Å². The van der Waals surface area contributed by atoms with Crippen molar-refractivity contribution in [2.24, 2.45) is 0 Å². The van der Waals surface area contributed by atoms with E-state index in [-0.39, 0.29) is 18.1 Å². The molecule has 122 valence electrons. The maximum Gasteiger partial charge on any atom is 0.245 e. The molecule has 0 radical (unpaired) electrons. The number of carbonyl (C=O) groups excluding carboxylic acids is 1. The highest BCUT2D eigenvalue weighted by Gasteiger charge is 2.33. The van der Waals surface area contributed by atoms with Crippen LogP contribution in [0.4, 0.5) is 0 Å². The number of hydrogen-bond acceptors (Lipinski definition) is 4. The molecule has 0 saturated heterocycles. The van der Waals surface area contributed by atoms with Gasteiger partial charge in [0.25, 0.3) is 0 Å². The standard InChI is InChI=1S/C17H25NO4/c1-17(2)10-12(7-8-18-16(19)11-20-3)14-9-13(21-4)5-6-15(14)22-17/h5-6,9,12H,7-8,10-11H2,1-4H3,(H,18,19)/t12-/m0/s1. The van der Waals surface area contributed by atoms with Gasteiger partial charge >= 0.3 is 0 Å². The van der Waals surface area contributed by atoms with Gasteiger partial charge in [0.1, 0.15) is 23.7 Å². The Morgan fingerprint density at radius 3 is 2.86 bits per heavy atom. The number of amides is 1. The summed E-state index contributed by atoms with van der Waals surface area (Å²) >= 11 is 0. The second-order valence-corrected chi connectivity index (χ2v) is 6.24. The number of fused-ring (bicyclic) bond motifs is 1. The van der Waals surface area contributed by atoms with Crippen LogP contribution in [0.25, 0.3) is 0 Å². The molecule has 22 heavy (non-hydrogen) atoms. The van der Waals surface area contributed by atoms with E-state index in [2.05, 4.69) is 19.2 Å². The van der Waals surface area contributed by atoms with Crippen LogP contribution in [0, 0.1) is 0 Å². The summed E-state index contributed by atoms with van der Waals surface area (Å²) in [4.78, 5) is 11.5. The third kappa shape index (κ3) is 4.13. The summed E-state index contributed by atoms with van der Waals surface area (Å²) < 4.78 is 16.2. The van der Waals surface area contributed by atoms with Crippen molar-refractivity contribution in [3.8, 4) is 11.5 Å². The lowest BCUT2D eigenvalue weighted by atomic mass is 9.82. The van der Waals surface area contributed by atoms with Crippen LogP contribution in [0.15, 0.2) is 18.2 Å². The molecule has 0 saturated carbocycles. The van der Waals surface area contributed by atoms with E-state index in [4.69, 9.17) is 14.2 Å². The van der Waals surface area contributed by atoms with Crippen LogP contribution in [0.5, 0.6) is 11.5 Å². The number of hydrogen-bond donors (Lipinski definition) is 1. The minimum absolute atomic E-state index is 0.0836. The predicted octanol–water partition coefficient (Wildman–Crippen LogP) is 2.49. The van der Waals surface area contributed by atoms with Gasteiger partial charge in [-0.25, -0.2) is 0 Å². The molecule has 0 spiro atoms. The lowest BCUT2D eigenvalue weighted by molar-refractivity contribution is -0.124. The first-order chi connectivity index (χ1) is 10.4. The average molecular weight is 307 g/mol. The Morgan fingerprint density at radius 1 is 1.41 bits per heavy atom. The zero-order valence-electron chi connectivity index (χ0n) is 13.8. The van der Waals surface area contributed by atoms with Gasteiger partial charge in [-0.1, -0.05) is 0 Å². The van der Waals surface area contributed by atoms with Gasteiger partial charge in [0.05, 0.1) is 7.11 Å². The number of rotatable bonds is 6. The van der Waals surface area contributed by atoms with E-state index in [0.717, 1.165) is 29.9 Å². The molecule has 1 aromatic carbocycles. The number of ether oxygens (including phenoxy) is 3. The highest BCUT2D eigenvalue weighted by atomic mass is 16.5. The molecular formula is C17H25NO4. The maximum absolute atomic E-state index is 11.5. The van der Waals surface area contributed by atoms with E-state index in [0.29, 0.717) is 12.5 Å². The first-order valence-electron chi connectivity index (χ1n) is 7.58. The van der Waals surface area contributed by atoms with Gasteiger partial charge in [-0.2, -0.15) is 0 Å². The molecule has 1 atom stereocenters. The highest BCUT2D eigenvalue weighted by molar-refractivity contribution is 5.77. The van der Waals surface area contributed by atoms with Crippen molar-refractivity contribution in [1.82, 2.24) is 5.32 Å². The fourth-order valence-electron chi connectivity index (χ4n) is 2.93. The lowest BCUT2D eigenvalue weighted by Gasteiger charge is -2.38. The zero-order chi connectivity index (χ0) is 16.2. The smallest absolute Gasteiger partial charge is 0.245 e. The summed E-state index contributed by atoms with van der Waals surface area (Å²) in [6, 6.07) is 5.91. The molecule has 5 heteroatoms. The normalized spacial score (nSPS) is 19.0. The molecule has 1 aliphatic rings. The van der Waals surface area contributed by atoms with Crippen LogP contribution in [0.2, 0.25) is 0 Å². The van der Waals surface area contributed by atoms with Crippen molar-refractivity contribution >= 4 is 5.91 Å².